The summed E-state index contributed by atoms with van der Waals surface area (Å²) in [5.41, 5.74) is 3.33. The monoisotopic (exact) mass is 346 g/mol. The molecule has 2 nitrogen and oxygen atoms in total. The van der Waals surface area contributed by atoms with Crippen molar-refractivity contribution in [1.29, 1.82) is 0 Å². The van der Waals surface area contributed by atoms with Crippen molar-refractivity contribution in [3.63, 3.8) is 0 Å². The van der Waals surface area contributed by atoms with Crippen molar-refractivity contribution >= 4 is 34.2 Å². The summed E-state index contributed by atoms with van der Waals surface area (Å²) in [5, 5.41) is 0.960. The van der Waals surface area contributed by atoms with Crippen LogP contribution in [0.1, 0.15) is 30.9 Å². The Kier molecular flexibility index (Phi) is 4.22. The molecule has 2 aromatic carbocycles. The Bertz CT molecular complexity index is 955. The van der Waals surface area contributed by atoms with Gasteiger partial charge in [0.15, 0.2) is 5.76 Å². The quantitative estimate of drug-likeness (QED) is 0.552. The van der Waals surface area contributed by atoms with E-state index >= 15 is 0 Å². The molecule has 1 aromatic heterocycles. The van der Waals surface area contributed by atoms with E-state index in [1.165, 1.54) is 0 Å². The lowest BCUT2D eigenvalue weighted by atomic mass is 9.93. The van der Waals surface area contributed by atoms with Crippen molar-refractivity contribution < 1.29 is 4.42 Å². The minimum Gasteiger partial charge on any atom is -0.454 e. The molecule has 0 aliphatic rings. The molecule has 4 heteroatoms. The molecule has 3 rings (SSSR count). The van der Waals surface area contributed by atoms with Crippen molar-refractivity contribution in [1.82, 2.24) is 0 Å². The van der Waals surface area contributed by atoms with Crippen LogP contribution < -0.4 is 5.43 Å². The fourth-order valence-electron chi connectivity index (χ4n) is 2.68. The number of rotatable bonds is 2. The van der Waals surface area contributed by atoms with Gasteiger partial charge in [-0.1, -0.05) is 60.8 Å². The van der Waals surface area contributed by atoms with E-state index in [4.69, 9.17) is 27.6 Å². The standard InChI is InChI=1S/C19H16Cl2O2/c1-10(2)14-8-11(3)4-6-13(14)19-17(21)18(22)15-9-12(20)5-7-16(15)23-19/h4-10H,1-3H3. The number of fused-ring (bicyclic) bond motifs is 1. The first kappa shape index (κ1) is 16.1. The maximum Gasteiger partial charge on any atom is 0.211 e. The van der Waals surface area contributed by atoms with Gasteiger partial charge in [-0.25, -0.2) is 0 Å². The molecule has 0 spiro atoms. The SMILES string of the molecule is Cc1ccc(-c2oc3ccc(Cl)cc3c(=O)c2Cl)c(C(C)C)c1. The van der Waals surface area contributed by atoms with Crippen LogP contribution in [-0.4, -0.2) is 0 Å². The Hall–Kier alpha value is -1.77. The number of benzene rings is 2. The molecule has 23 heavy (non-hydrogen) atoms. The topological polar surface area (TPSA) is 30.2 Å². The molecular weight excluding hydrogens is 331 g/mol. The summed E-state index contributed by atoms with van der Waals surface area (Å²) in [5.74, 6) is 0.697. The predicted octanol–water partition coefficient (Wildman–Crippen LogP) is 6.20. The molecule has 0 unspecified atom stereocenters. The third kappa shape index (κ3) is 2.89. The van der Waals surface area contributed by atoms with Crippen LogP contribution in [-0.2, 0) is 0 Å². The first-order chi connectivity index (χ1) is 10.9. The molecule has 0 radical (unpaired) electrons. The normalized spacial score (nSPS) is 11.4. The maximum absolute atomic E-state index is 12.6. The van der Waals surface area contributed by atoms with Crippen molar-refractivity contribution in [2.24, 2.45) is 0 Å². The lowest BCUT2D eigenvalue weighted by Gasteiger charge is -2.14. The van der Waals surface area contributed by atoms with Crippen LogP contribution in [0.5, 0.6) is 0 Å². The average molecular weight is 347 g/mol. The van der Waals surface area contributed by atoms with E-state index in [1.54, 1.807) is 18.2 Å². The van der Waals surface area contributed by atoms with Gasteiger partial charge >= 0.3 is 0 Å². The summed E-state index contributed by atoms with van der Waals surface area (Å²) in [6.07, 6.45) is 0. The van der Waals surface area contributed by atoms with Gasteiger partial charge in [0.25, 0.3) is 0 Å². The predicted molar refractivity (Wildman–Crippen MR) is 96.8 cm³/mol. The molecular formula is C19H16Cl2O2. The molecule has 0 N–H and O–H groups in total. The van der Waals surface area contributed by atoms with Crippen LogP contribution in [0.2, 0.25) is 10.0 Å². The van der Waals surface area contributed by atoms with E-state index in [2.05, 4.69) is 19.9 Å². The van der Waals surface area contributed by atoms with E-state index < -0.39 is 0 Å². The van der Waals surface area contributed by atoms with Gasteiger partial charge in [-0.05, 0) is 36.6 Å². The van der Waals surface area contributed by atoms with Gasteiger partial charge in [0, 0.05) is 10.6 Å². The minimum absolute atomic E-state index is 0.0884. The smallest absolute Gasteiger partial charge is 0.211 e. The molecule has 0 bridgehead atoms. The van der Waals surface area contributed by atoms with Gasteiger partial charge in [0.1, 0.15) is 10.6 Å². The fraction of sp³-hybridized carbons (Fsp3) is 0.211. The van der Waals surface area contributed by atoms with Crippen molar-refractivity contribution in [2.45, 2.75) is 26.7 Å². The largest absolute Gasteiger partial charge is 0.454 e. The highest BCUT2D eigenvalue weighted by Gasteiger charge is 2.18. The number of aryl methyl sites for hydroxylation is 1. The van der Waals surface area contributed by atoms with Crippen molar-refractivity contribution in [3.05, 3.63) is 67.8 Å². The Labute approximate surface area is 144 Å². The second-order valence-corrected chi connectivity index (χ2v) is 6.77. The van der Waals surface area contributed by atoms with Gasteiger partial charge in [0.05, 0.1) is 5.39 Å². The molecule has 118 valence electrons. The Morgan fingerprint density at radius 3 is 2.48 bits per heavy atom. The zero-order valence-corrected chi connectivity index (χ0v) is 14.6. The van der Waals surface area contributed by atoms with E-state index in [9.17, 15) is 4.79 Å². The van der Waals surface area contributed by atoms with E-state index in [0.717, 1.165) is 16.7 Å². The van der Waals surface area contributed by atoms with Crippen LogP contribution in [0.4, 0.5) is 0 Å². The first-order valence-corrected chi connectivity index (χ1v) is 8.17. The summed E-state index contributed by atoms with van der Waals surface area (Å²) in [6, 6.07) is 11.0. The van der Waals surface area contributed by atoms with Crippen molar-refractivity contribution in [2.75, 3.05) is 0 Å². The highest BCUT2D eigenvalue weighted by molar-refractivity contribution is 6.34. The highest BCUT2D eigenvalue weighted by atomic mass is 35.5. The Morgan fingerprint density at radius 2 is 1.78 bits per heavy atom. The second kappa shape index (κ2) is 6.03. The molecule has 0 aliphatic carbocycles. The van der Waals surface area contributed by atoms with Crippen LogP contribution in [0.25, 0.3) is 22.3 Å². The molecule has 0 saturated heterocycles. The van der Waals surface area contributed by atoms with Crippen LogP contribution in [0, 0.1) is 6.92 Å². The summed E-state index contributed by atoms with van der Waals surface area (Å²) < 4.78 is 5.95. The minimum atomic E-state index is -0.263. The van der Waals surface area contributed by atoms with Gasteiger partial charge in [-0.3, -0.25) is 4.79 Å². The first-order valence-electron chi connectivity index (χ1n) is 7.41. The maximum atomic E-state index is 12.6. The van der Waals surface area contributed by atoms with Crippen molar-refractivity contribution in [3.8, 4) is 11.3 Å². The molecule has 0 aliphatic heterocycles. The molecule has 0 saturated carbocycles. The van der Waals surface area contributed by atoms with Crippen LogP contribution in [0.3, 0.4) is 0 Å². The van der Waals surface area contributed by atoms with Gasteiger partial charge < -0.3 is 4.42 Å². The number of hydrogen-bond acceptors (Lipinski definition) is 2. The van der Waals surface area contributed by atoms with Crippen LogP contribution >= 0.6 is 23.2 Å². The van der Waals surface area contributed by atoms with Crippen LogP contribution in [0.15, 0.2) is 45.6 Å². The third-order valence-corrected chi connectivity index (χ3v) is 4.45. The summed E-state index contributed by atoms with van der Waals surface area (Å²) in [6.45, 7) is 6.24. The average Bonchev–Trinajstić information content (AvgIpc) is 2.51. The highest BCUT2D eigenvalue weighted by Crippen LogP contribution is 2.35. The van der Waals surface area contributed by atoms with Gasteiger partial charge in [0.2, 0.25) is 5.43 Å². The van der Waals surface area contributed by atoms with E-state index in [0.29, 0.717) is 21.8 Å². The summed E-state index contributed by atoms with van der Waals surface area (Å²) >= 11 is 12.3. The lowest BCUT2D eigenvalue weighted by Crippen LogP contribution is -2.05. The second-order valence-electron chi connectivity index (χ2n) is 5.96. The molecule has 1 heterocycles. The Morgan fingerprint density at radius 1 is 1.04 bits per heavy atom. The summed E-state index contributed by atoms with van der Waals surface area (Å²) in [7, 11) is 0. The third-order valence-electron chi connectivity index (χ3n) is 3.87. The lowest BCUT2D eigenvalue weighted by molar-refractivity contribution is 0.617. The van der Waals surface area contributed by atoms with E-state index in [-0.39, 0.29) is 16.4 Å². The molecule has 3 aromatic rings. The van der Waals surface area contributed by atoms with Gasteiger partial charge in [-0.2, -0.15) is 0 Å². The molecule has 0 atom stereocenters. The van der Waals surface area contributed by atoms with E-state index in [1.807, 2.05) is 19.1 Å². The zero-order valence-electron chi connectivity index (χ0n) is 13.1. The summed E-state index contributed by atoms with van der Waals surface area (Å²) in [4.78, 5) is 12.6. The molecule has 0 fully saturated rings. The molecule has 0 amide bonds. The number of halogens is 2. The Balaban J connectivity index is 2.36. The fourth-order valence-corrected chi connectivity index (χ4v) is 3.10. The number of hydrogen-bond donors (Lipinski definition) is 0. The zero-order chi connectivity index (χ0) is 16.7. The van der Waals surface area contributed by atoms with Gasteiger partial charge in [-0.15, -0.1) is 0 Å².